The molecule has 0 fully saturated rings. The third kappa shape index (κ3) is 5.72. The minimum Gasteiger partial charge on any atom is -0.480 e. The van der Waals surface area contributed by atoms with E-state index in [1.165, 1.54) is 0 Å². The maximum absolute atomic E-state index is 14.1. The highest BCUT2D eigenvalue weighted by Crippen LogP contribution is 2.51. The lowest BCUT2D eigenvalue weighted by molar-refractivity contribution is -0.144. The van der Waals surface area contributed by atoms with Gasteiger partial charge in [0.1, 0.15) is 6.04 Å². The maximum atomic E-state index is 14.1. The van der Waals surface area contributed by atoms with Gasteiger partial charge in [-0.25, -0.2) is 4.79 Å². The van der Waals surface area contributed by atoms with Gasteiger partial charge in [-0.2, -0.15) is 0 Å². The molecule has 1 amide bonds. The van der Waals surface area contributed by atoms with Gasteiger partial charge in [0.15, 0.2) is 0 Å². The Bertz CT molecular complexity index is 1530. The summed E-state index contributed by atoms with van der Waals surface area (Å²) < 4.78 is 0. The molecule has 0 aliphatic heterocycles. The molecule has 2 N–H and O–H groups in total. The molecule has 0 aromatic heterocycles. The zero-order valence-electron chi connectivity index (χ0n) is 23.5. The Labute approximate surface area is 242 Å². The number of hydrogen-bond donors (Lipinski definition) is 2. The third-order valence-electron chi connectivity index (χ3n) is 7.87. The average Bonchev–Trinajstić information content (AvgIpc) is 3.32. The number of carbonyl (C=O) groups excluding carboxylic acids is 1. The summed E-state index contributed by atoms with van der Waals surface area (Å²) in [5.74, 6) is -1.62. The van der Waals surface area contributed by atoms with Gasteiger partial charge >= 0.3 is 5.97 Å². The predicted octanol–water partition coefficient (Wildman–Crippen LogP) is 7.10. The molecule has 0 spiro atoms. The lowest BCUT2D eigenvalue weighted by atomic mass is 9.91. The average molecular weight is 545 g/mol. The molecule has 208 valence electrons. The topological polar surface area (TPSA) is 69.6 Å². The van der Waals surface area contributed by atoms with Crippen molar-refractivity contribution < 1.29 is 14.7 Å². The van der Waals surface area contributed by atoms with E-state index in [2.05, 4.69) is 77.5 Å². The first-order chi connectivity index (χ1) is 19.9. The summed E-state index contributed by atoms with van der Waals surface area (Å²) in [4.78, 5) is 28.3. The van der Waals surface area contributed by atoms with Crippen LogP contribution in [0.25, 0.3) is 22.3 Å². The van der Waals surface area contributed by atoms with Crippen LogP contribution < -0.4 is 5.32 Å². The minimum atomic E-state index is -1.04. The van der Waals surface area contributed by atoms with Gasteiger partial charge < -0.3 is 10.4 Å². The molecule has 3 unspecified atom stereocenters. The van der Waals surface area contributed by atoms with E-state index in [9.17, 15) is 14.7 Å². The summed E-state index contributed by atoms with van der Waals surface area (Å²) in [6.07, 6.45) is 2.11. The van der Waals surface area contributed by atoms with Gasteiger partial charge in [-0.3, -0.25) is 9.69 Å². The van der Waals surface area contributed by atoms with E-state index in [-0.39, 0.29) is 17.9 Å². The number of carbonyl (C=O) groups is 2. The fourth-order valence-electron chi connectivity index (χ4n) is 5.93. The van der Waals surface area contributed by atoms with Crippen molar-refractivity contribution in [2.45, 2.75) is 44.9 Å². The highest BCUT2D eigenvalue weighted by atomic mass is 16.4. The van der Waals surface area contributed by atoms with E-state index in [1.54, 1.807) is 19.9 Å². The molecule has 0 bridgehead atoms. The van der Waals surface area contributed by atoms with Crippen LogP contribution in [0.5, 0.6) is 0 Å². The number of amides is 1. The van der Waals surface area contributed by atoms with Gasteiger partial charge in [-0.1, -0.05) is 123 Å². The van der Waals surface area contributed by atoms with Crippen molar-refractivity contribution in [1.82, 2.24) is 10.2 Å². The summed E-state index contributed by atoms with van der Waals surface area (Å²) in [5.41, 5.74) is 7.86. The molecule has 0 saturated carbocycles. The van der Waals surface area contributed by atoms with Crippen LogP contribution in [-0.4, -0.2) is 34.0 Å². The van der Waals surface area contributed by atoms with Crippen LogP contribution in [0.4, 0.5) is 0 Å². The van der Waals surface area contributed by atoms with Crippen LogP contribution in [0.3, 0.4) is 0 Å². The number of nitrogens with one attached hydrogen (secondary N) is 1. The first kappa shape index (κ1) is 28.1. The largest absolute Gasteiger partial charge is 0.480 e. The van der Waals surface area contributed by atoms with Gasteiger partial charge in [-0.05, 0) is 51.3 Å². The molecule has 41 heavy (non-hydrogen) atoms. The summed E-state index contributed by atoms with van der Waals surface area (Å²) >= 11 is 0. The fourth-order valence-corrected chi connectivity index (χ4v) is 5.93. The molecule has 5 nitrogen and oxygen atoms in total. The van der Waals surface area contributed by atoms with Crippen LogP contribution in [0.15, 0.2) is 116 Å². The van der Waals surface area contributed by atoms with Crippen molar-refractivity contribution in [3.8, 4) is 22.3 Å². The Morgan fingerprint density at radius 3 is 2.12 bits per heavy atom. The second kappa shape index (κ2) is 12.4. The fraction of sp³-hybridized carbons (Fsp3) is 0.222. The summed E-state index contributed by atoms with van der Waals surface area (Å²) in [7, 11) is 0. The normalized spacial score (nSPS) is 15.2. The van der Waals surface area contributed by atoms with Crippen molar-refractivity contribution in [3.63, 3.8) is 0 Å². The van der Waals surface area contributed by atoms with Crippen molar-refractivity contribution in [3.05, 3.63) is 132 Å². The first-order valence-electron chi connectivity index (χ1n) is 14.1. The summed E-state index contributed by atoms with van der Waals surface area (Å²) in [6, 6.07) is 33.3. The van der Waals surface area contributed by atoms with Crippen LogP contribution in [0.1, 0.15) is 43.0 Å². The Morgan fingerprint density at radius 1 is 0.854 bits per heavy atom. The van der Waals surface area contributed by atoms with Gasteiger partial charge in [0, 0.05) is 6.54 Å². The van der Waals surface area contributed by atoms with Crippen molar-refractivity contribution in [2.75, 3.05) is 0 Å². The molecule has 0 radical (unpaired) electrons. The van der Waals surface area contributed by atoms with E-state index in [1.807, 2.05) is 42.5 Å². The number of carboxylic acid groups (broad SMARTS) is 1. The second-order valence-corrected chi connectivity index (χ2v) is 10.9. The number of benzene rings is 4. The quantitative estimate of drug-likeness (QED) is 0.198. The Balaban J connectivity index is 1.70. The monoisotopic (exact) mass is 544 g/mol. The molecule has 4 aromatic rings. The molecule has 1 aliphatic carbocycles. The smallest absolute Gasteiger partial charge is 0.326 e. The Hall–Kier alpha value is -4.48. The molecule has 0 saturated heterocycles. The van der Waals surface area contributed by atoms with Crippen LogP contribution >= 0.6 is 0 Å². The van der Waals surface area contributed by atoms with E-state index in [0.29, 0.717) is 13.0 Å². The maximum Gasteiger partial charge on any atom is 0.326 e. The van der Waals surface area contributed by atoms with Crippen molar-refractivity contribution in [1.29, 1.82) is 0 Å². The minimum absolute atomic E-state index is 0.240. The molecular formula is C36H36N2O3. The third-order valence-corrected chi connectivity index (χ3v) is 7.87. The van der Waals surface area contributed by atoms with Crippen LogP contribution in [-0.2, 0) is 16.1 Å². The Morgan fingerprint density at radius 2 is 1.46 bits per heavy atom. The van der Waals surface area contributed by atoms with E-state index in [0.717, 1.165) is 38.9 Å². The SMILES string of the molecule is C=CCC(C(=O)NC(C(=O)O)C(C)C)N(Cc1ccccc1)C1c2ccccc2-c2cccc(-c3ccccc3)c21. The van der Waals surface area contributed by atoms with Crippen LogP contribution in [0, 0.1) is 5.92 Å². The van der Waals surface area contributed by atoms with Crippen molar-refractivity contribution in [2.24, 2.45) is 5.92 Å². The molecule has 4 aromatic carbocycles. The molecule has 3 atom stereocenters. The zero-order chi connectivity index (χ0) is 28.9. The lowest BCUT2D eigenvalue weighted by Gasteiger charge is -2.38. The number of hydrogen-bond acceptors (Lipinski definition) is 3. The summed E-state index contributed by atoms with van der Waals surface area (Å²) in [5, 5.41) is 12.7. The second-order valence-electron chi connectivity index (χ2n) is 10.9. The number of carboxylic acids is 1. The summed E-state index contributed by atoms with van der Waals surface area (Å²) in [6.45, 7) is 8.08. The van der Waals surface area contributed by atoms with Crippen LogP contribution in [0.2, 0.25) is 0 Å². The van der Waals surface area contributed by atoms with E-state index in [4.69, 9.17) is 0 Å². The van der Waals surface area contributed by atoms with E-state index >= 15 is 0 Å². The standard InChI is InChI=1S/C36H36N2O3/c1-4-14-31(35(39)37-33(24(2)3)36(40)41)38(23-25-15-7-5-8-16-25)34-30-20-12-11-19-28(30)29-22-13-21-27(32(29)34)26-17-9-6-10-18-26/h4-13,15-22,24,31,33-34H,1,14,23H2,2-3H3,(H,37,39)(H,40,41). The van der Waals surface area contributed by atoms with Gasteiger partial charge in [0.25, 0.3) is 0 Å². The molecule has 0 heterocycles. The highest BCUT2D eigenvalue weighted by molar-refractivity contribution is 5.89. The molecule has 5 heteroatoms. The number of nitrogens with zero attached hydrogens (tertiary/aromatic N) is 1. The number of aliphatic carboxylic acids is 1. The highest BCUT2D eigenvalue weighted by Gasteiger charge is 2.40. The predicted molar refractivity (Wildman–Crippen MR) is 164 cm³/mol. The number of fused-ring (bicyclic) bond motifs is 3. The first-order valence-corrected chi connectivity index (χ1v) is 14.1. The van der Waals surface area contributed by atoms with E-state index < -0.39 is 18.1 Å². The van der Waals surface area contributed by atoms with Gasteiger partial charge in [0.05, 0.1) is 12.1 Å². The van der Waals surface area contributed by atoms with Gasteiger partial charge in [0.2, 0.25) is 5.91 Å². The molecular weight excluding hydrogens is 508 g/mol. The Kier molecular flexibility index (Phi) is 8.46. The molecule has 1 aliphatic rings. The zero-order valence-corrected chi connectivity index (χ0v) is 23.5. The lowest BCUT2D eigenvalue weighted by Crippen LogP contribution is -2.53. The van der Waals surface area contributed by atoms with Crippen molar-refractivity contribution >= 4 is 11.9 Å². The van der Waals surface area contributed by atoms with Gasteiger partial charge in [-0.15, -0.1) is 6.58 Å². The number of rotatable bonds is 11. The molecule has 5 rings (SSSR count).